The Morgan fingerprint density at radius 3 is 2.79 bits per heavy atom. The monoisotopic (exact) mass is 218 g/mol. The normalized spacial score (nSPS) is 26.1. The molecule has 14 heavy (non-hydrogen) atoms. The molecule has 1 heterocycles. The number of methoxy groups -OCH3 is 1. The predicted molar refractivity (Wildman–Crippen MR) is 53.9 cm³/mol. The molecule has 1 fully saturated rings. The van der Waals surface area contributed by atoms with Crippen molar-refractivity contribution < 1.29 is 14.3 Å². The molecule has 1 atom stereocenters. The van der Waals surface area contributed by atoms with Crippen LogP contribution in [0.4, 0.5) is 0 Å². The van der Waals surface area contributed by atoms with Gasteiger partial charge in [-0.3, -0.25) is 9.59 Å². The molecule has 5 nitrogen and oxygen atoms in total. The maximum Gasteiger partial charge on any atom is 0.309 e. The van der Waals surface area contributed by atoms with Crippen LogP contribution in [0.2, 0.25) is 0 Å². The van der Waals surface area contributed by atoms with Gasteiger partial charge in [0.2, 0.25) is 0 Å². The van der Waals surface area contributed by atoms with Gasteiger partial charge < -0.3 is 15.8 Å². The summed E-state index contributed by atoms with van der Waals surface area (Å²) in [4.78, 5) is 21.4. The Bertz CT molecular complexity index is 239. The maximum absolute atomic E-state index is 10.9. The smallest absolute Gasteiger partial charge is 0.309 e. The largest absolute Gasteiger partial charge is 0.376 e. The molecular formula is C8H14N2O3S. The molecule has 0 spiro atoms. The summed E-state index contributed by atoms with van der Waals surface area (Å²) >= 11 is 1.77. The zero-order chi connectivity index (χ0) is 10.6. The van der Waals surface area contributed by atoms with Gasteiger partial charge in [0.1, 0.15) is 0 Å². The Labute approximate surface area is 86.7 Å². The summed E-state index contributed by atoms with van der Waals surface area (Å²) in [7, 11) is 1.61. The van der Waals surface area contributed by atoms with Gasteiger partial charge in [-0.25, -0.2) is 0 Å². The van der Waals surface area contributed by atoms with E-state index in [0.29, 0.717) is 6.54 Å². The summed E-state index contributed by atoms with van der Waals surface area (Å²) < 4.78 is 5.34. The number of thioether (sulfide) groups is 1. The summed E-state index contributed by atoms with van der Waals surface area (Å²) in [5, 5.41) is 2.46. The predicted octanol–water partition coefficient (Wildman–Crippen LogP) is -0.890. The molecule has 1 aliphatic heterocycles. The number of hydrogen-bond acceptors (Lipinski definition) is 4. The van der Waals surface area contributed by atoms with Crippen molar-refractivity contribution in [1.82, 2.24) is 5.32 Å². The molecule has 3 N–H and O–H groups in total. The fourth-order valence-electron chi connectivity index (χ4n) is 1.29. The molecular weight excluding hydrogens is 204 g/mol. The molecule has 2 amide bonds. The Morgan fingerprint density at radius 2 is 2.36 bits per heavy atom. The van der Waals surface area contributed by atoms with Crippen LogP contribution in [-0.4, -0.2) is 42.6 Å². The van der Waals surface area contributed by atoms with Gasteiger partial charge in [0, 0.05) is 19.4 Å². The molecule has 1 unspecified atom stereocenters. The average molecular weight is 218 g/mol. The average Bonchev–Trinajstić information content (AvgIpc) is 2.63. The number of primary amides is 1. The summed E-state index contributed by atoms with van der Waals surface area (Å²) in [5.74, 6) is 0.142. The number of ether oxygens (including phenoxy) is 1. The first-order valence-electron chi connectivity index (χ1n) is 4.30. The lowest BCUT2D eigenvalue weighted by Gasteiger charge is -2.26. The van der Waals surface area contributed by atoms with Crippen molar-refractivity contribution in [1.29, 1.82) is 0 Å². The molecule has 0 aliphatic carbocycles. The summed E-state index contributed by atoms with van der Waals surface area (Å²) in [6.45, 7) is 0.346. The molecule has 0 bridgehead atoms. The minimum absolute atomic E-state index is 0.324. The second-order valence-electron chi connectivity index (χ2n) is 3.24. The van der Waals surface area contributed by atoms with Gasteiger partial charge in [-0.15, -0.1) is 0 Å². The second kappa shape index (κ2) is 4.65. The van der Waals surface area contributed by atoms with E-state index >= 15 is 0 Å². The van der Waals surface area contributed by atoms with Gasteiger partial charge in [0.25, 0.3) is 0 Å². The minimum atomic E-state index is -0.957. The van der Waals surface area contributed by atoms with Crippen molar-refractivity contribution in [2.24, 2.45) is 5.73 Å². The van der Waals surface area contributed by atoms with Crippen molar-refractivity contribution in [3.8, 4) is 0 Å². The molecule has 80 valence electrons. The van der Waals surface area contributed by atoms with Crippen LogP contribution in [0.1, 0.15) is 6.42 Å². The van der Waals surface area contributed by atoms with E-state index in [4.69, 9.17) is 10.5 Å². The number of nitrogens with two attached hydrogens (primary N) is 1. The van der Waals surface area contributed by atoms with Crippen molar-refractivity contribution in [2.45, 2.75) is 12.0 Å². The highest BCUT2D eigenvalue weighted by Gasteiger charge is 2.34. The zero-order valence-corrected chi connectivity index (χ0v) is 8.86. The third-order valence-electron chi connectivity index (χ3n) is 2.30. The molecule has 1 aliphatic rings. The third-order valence-corrected chi connectivity index (χ3v) is 3.52. The van der Waals surface area contributed by atoms with Crippen molar-refractivity contribution >= 4 is 23.6 Å². The first-order chi connectivity index (χ1) is 6.59. The van der Waals surface area contributed by atoms with Crippen LogP contribution in [-0.2, 0) is 14.3 Å². The van der Waals surface area contributed by atoms with E-state index in [1.807, 2.05) is 0 Å². The van der Waals surface area contributed by atoms with Gasteiger partial charge in [-0.1, -0.05) is 0 Å². The van der Waals surface area contributed by atoms with E-state index in [0.717, 1.165) is 17.9 Å². The van der Waals surface area contributed by atoms with Crippen LogP contribution < -0.4 is 11.1 Å². The van der Waals surface area contributed by atoms with Crippen LogP contribution >= 0.6 is 11.8 Å². The highest BCUT2D eigenvalue weighted by atomic mass is 32.2. The van der Waals surface area contributed by atoms with E-state index in [1.54, 1.807) is 18.9 Å². The standard InChI is InChI=1S/C8H14N2O3S/c1-13-8(2-3-14-5-8)4-10-7(12)6(9)11/h2-5H2,1H3,(H2,9,11)(H,10,12). The molecule has 1 rings (SSSR count). The summed E-state index contributed by atoms with van der Waals surface area (Å²) in [5.41, 5.74) is 4.48. The molecule has 6 heteroatoms. The molecule has 0 aromatic heterocycles. The van der Waals surface area contributed by atoms with Gasteiger partial charge in [-0.05, 0) is 12.2 Å². The van der Waals surface area contributed by atoms with E-state index in [9.17, 15) is 9.59 Å². The van der Waals surface area contributed by atoms with Gasteiger partial charge >= 0.3 is 11.8 Å². The lowest BCUT2D eigenvalue weighted by atomic mass is 10.0. The number of nitrogens with one attached hydrogen (secondary N) is 1. The number of rotatable bonds is 3. The SMILES string of the molecule is COC1(CNC(=O)C(N)=O)CCSC1. The van der Waals surface area contributed by atoms with Gasteiger partial charge in [-0.2, -0.15) is 11.8 Å². The van der Waals surface area contributed by atoms with Gasteiger partial charge in [0.05, 0.1) is 5.60 Å². The Kier molecular flexibility index (Phi) is 3.77. The van der Waals surface area contributed by atoms with Crippen LogP contribution in [0, 0.1) is 0 Å². The molecule has 0 aromatic carbocycles. The number of carbonyl (C=O) groups is 2. The van der Waals surface area contributed by atoms with E-state index in [-0.39, 0.29) is 5.60 Å². The Hall–Kier alpha value is -0.750. The summed E-state index contributed by atoms with van der Waals surface area (Å²) in [6.07, 6.45) is 0.882. The maximum atomic E-state index is 10.9. The fraction of sp³-hybridized carbons (Fsp3) is 0.750. The second-order valence-corrected chi connectivity index (χ2v) is 4.34. The van der Waals surface area contributed by atoms with E-state index in [2.05, 4.69) is 5.32 Å². The first kappa shape index (κ1) is 11.3. The lowest BCUT2D eigenvalue weighted by Crippen LogP contribution is -2.47. The molecule has 1 saturated heterocycles. The number of hydrogen-bond donors (Lipinski definition) is 2. The van der Waals surface area contributed by atoms with E-state index < -0.39 is 11.8 Å². The molecule has 0 aromatic rings. The number of amides is 2. The van der Waals surface area contributed by atoms with Crippen LogP contribution in [0.3, 0.4) is 0 Å². The van der Waals surface area contributed by atoms with Crippen molar-refractivity contribution in [3.05, 3.63) is 0 Å². The Balaban J connectivity index is 2.42. The lowest BCUT2D eigenvalue weighted by molar-refractivity contribution is -0.138. The van der Waals surface area contributed by atoms with Crippen LogP contribution in [0.5, 0.6) is 0 Å². The van der Waals surface area contributed by atoms with Crippen LogP contribution in [0.15, 0.2) is 0 Å². The highest BCUT2D eigenvalue weighted by molar-refractivity contribution is 7.99. The minimum Gasteiger partial charge on any atom is -0.376 e. The highest BCUT2D eigenvalue weighted by Crippen LogP contribution is 2.30. The third kappa shape index (κ3) is 2.62. The van der Waals surface area contributed by atoms with Gasteiger partial charge in [0.15, 0.2) is 0 Å². The zero-order valence-electron chi connectivity index (χ0n) is 8.04. The topological polar surface area (TPSA) is 81.4 Å². The molecule has 0 radical (unpaired) electrons. The number of carbonyl (C=O) groups excluding carboxylic acids is 2. The first-order valence-corrected chi connectivity index (χ1v) is 5.46. The fourth-order valence-corrected chi connectivity index (χ4v) is 2.69. The van der Waals surface area contributed by atoms with Crippen molar-refractivity contribution in [2.75, 3.05) is 25.2 Å². The quantitative estimate of drug-likeness (QED) is 0.602. The van der Waals surface area contributed by atoms with Crippen LogP contribution in [0.25, 0.3) is 0 Å². The van der Waals surface area contributed by atoms with Crippen molar-refractivity contribution in [3.63, 3.8) is 0 Å². The van der Waals surface area contributed by atoms with E-state index in [1.165, 1.54) is 0 Å². The summed E-state index contributed by atoms with van der Waals surface area (Å²) in [6, 6.07) is 0. The molecule has 0 saturated carbocycles. The Morgan fingerprint density at radius 1 is 1.64 bits per heavy atom.